The molecule has 1 aliphatic carbocycles. The topological polar surface area (TPSA) is 53.2 Å². The van der Waals surface area contributed by atoms with Crippen molar-refractivity contribution in [3.63, 3.8) is 0 Å². The number of carbonyl (C=O) groups is 1. The van der Waals surface area contributed by atoms with Crippen LogP contribution in [-0.4, -0.2) is 27.5 Å². The SMILES string of the molecule is CCCCNC(=S)NC(NC(=O)CCC1CCCC1)C(Cl)(Cl)Cl. The molecule has 23 heavy (non-hydrogen) atoms. The van der Waals surface area contributed by atoms with Crippen LogP contribution in [-0.2, 0) is 4.79 Å². The van der Waals surface area contributed by atoms with Crippen molar-refractivity contribution in [1.82, 2.24) is 16.0 Å². The molecule has 0 saturated heterocycles. The molecule has 0 radical (unpaired) electrons. The third-order valence-electron chi connectivity index (χ3n) is 3.98. The van der Waals surface area contributed by atoms with Crippen molar-refractivity contribution in [3.05, 3.63) is 0 Å². The molecular formula is C15H26Cl3N3OS. The van der Waals surface area contributed by atoms with Crippen LogP contribution in [0.15, 0.2) is 0 Å². The van der Waals surface area contributed by atoms with Crippen molar-refractivity contribution in [2.75, 3.05) is 6.54 Å². The van der Waals surface area contributed by atoms with Crippen LogP contribution < -0.4 is 16.0 Å². The number of hydrogen-bond donors (Lipinski definition) is 3. The Morgan fingerprint density at radius 1 is 1.26 bits per heavy atom. The molecule has 1 atom stereocenters. The summed E-state index contributed by atoms with van der Waals surface area (Å²) in [5, 5.41) is 8.99. The van der Waals surface area contributed by atoms with E-state index in [0.717, 1.165) is 25.8 Å². The monoisotopic (exact) mass is 401 g/mol. The highest BCUT2D eigenvalue weighted by Crippen LogP contribution is 2.30. The second-order valence-electron chi connectivity index (χ2n) is 5.99. The van der Waals surface area contributed by atoms with Gasteiger partial charge >= 0.3 is 0 Å². The molecule has 1 fully saturated rings. The van der Waals surface area contributed by atoms with Crippen molar-refractivity contribution in [1.29, 1.82) is 0 Å². The maximum Gasteiger partial charge on any atom is 0.228 e. The molecule has 0 aromatic heterocycles. The quantitative estimate of drug-likeness (QED) is 0.248. The summed E-state index contributed by atoms with van der Waals surface area (Å²) in [7, 11) is 0. The first kappa shape index (κ1) is 21.1. The largest absolute Gasteiger partial charge is 0.363 e. The van der Waals surface area contributed by atoms with Crippen LogP contribution in [0.1, 0.15) is 58.3 Å². The summed E-state index contributed by atoms with van der Waals surface area (Å²) < 4.78 is -1.68. The van der Waals surface area contributed by atoms with Gasteiger partial charge in [0.05, 0.1) is 0 Å². The third-order valence-corrected chi connectivity index (χ3v) is 4.90. The van der Waals surface area contributed by atoms with Crippen molar-refractivity contribution >= 4 is 58.0 Å². The number of nitrogens with one attached hydrogen (secondary N) is 3. The van der Waals surface area contributed by atoms with Gasteiger partial charge in [-0.1, -0.05) is 73.8 Å². The maximum atomic E-state index is 12.1. The average Bonchev–Trinajstić information content (AvgIpc) is 2.97. The highest BCUT2D eigenvalue weighted by Gasteiger charge is 2.34. The van der Waals surface area contributed by atoms with E-state index in [1.807, 2.05) is 0 Å². The number of carbonyl (C=O) groups excluding carboxylic acids is 1. The number of unbranched alkanes of at least 4 members (excludes halogenated alkanes) is 1. The summed E-state index contributed by atoms with van der Waals surface area (Å²) in [4.78, 5) is 12.1. The lowest BCUT2D eigenvalue weighted by atomic mass is 10.0. The van der Waals surface area contributed by atoms with Crippen LogP contribution in [0.3, 0.4) is 0 Å². The molecule has 0 spiro atoms. The fraction of sp³-hybridized carbons (Fsp3) is 0.867. The zero-order valence-electron chi connectivity index (χ0n) is 13.5. The Labute approximate surface area is 159 Å². The zero-order chi connectivity index (χ0) is 17.3. The van der Waals surface area contributed by atoms with Gasteiger partial charge < -0.3 is 16.0 Å². The predicted molar refractivity (Wildman–Crippen MR) is 102 cm³/mol. The highest BCUT2D eigenvalue weighted by molar-refractivity contribution is 7.80. The molecule has 0 aromatic rings. The van der Waals surface area contributed by atoms with E-state index in [0.29, 0.717) is 17.5 Å². The van der Waals surface area contributed by atoms with E-state index >= 15 is 0 Å². The van der Waals surface area contributed by atoms with Crippen LogP contribution in [0, 0.1) is 5.92 Å². The summed E-state index contributed by atoms with van der Waals surface area (Å²) in [5.41, 5.74) is 0. The standard InChI is InChI=1S/C15H26Cl3N3OS/c1-2-3-10-19-14(23)21-13(15(16,17)18)20-12(22)9-8-11-6-4-5-7-11/h11,13H,2-10H2,1H3,(H,20,22)(H2,19,21,23). The number of amides is 1. The van der Waals surface area contributed by atoms with Gasteiger partial charge in [0.2, 0.25) is 9.70 Å². The first-order valence-electron chi connectivity index (χ1n) is 8.23. The molecule has 0 aliphatic heterocycles. The molecule has 3 N–H and O–H groups in total. The van der Waals surface area contributed by atoms with E-state index in [9.17, 15) is 4.79 Å². The molecule has 1 saturated carbocycles. The summed E-state index contributed by atoms with van der Waals surface area (Å²) >= 11 is 23.0. The van der Waals surface area contributed by atoms with Crippen LogP contribution in [0.5, 0.6) is 0 Å². The molecule has 8 heteroatoms. The van der Waals surface area contributed by atoms with Crippen molar-refractivity contribution in [2.45, 2.75) is 68.2 Å². The first-order valence-corrected chi connectivity index (χ1v) is 9.77. The van der Waals surface area contributed by atoms with Gasteiger partial charge in [-0.3, -0.25) is 4.79 Å². The molecule has 4 nitrogen and oxygen atoms in total. The van der Waals surface area contributed by atoms with Gasteiger partial charge in [0.25, 0.3) is 0 Å². The molecule has 1 aliphatic rings. The highest BCUT2D eigenvalue weighted by atomic mass is 35.6. The van der Waals surface area contributed by atoms with Gasteiger partial charge in [0, 0.05) is 13.0 Å². The molecule has 1 unspecified atom stereocenters. The summed E-state index contributed by atoms with van der Waals surface area (Å²) in [6.07, 6.45) is 7.48. The summed E-state index contributed by atoms with van der Waals surface area (Å²) in [6, 6.07) is 0. The van der Waals surface area contributed by atoms with E-state index in [1.54, 1.807) is 0 Å². The normalized spacial score (nSPS) is 16.9. The number of thiocarbonyl (C=S) groups is 1. The Kier molecular flexibility index (Phi) is 9.90. The van der Waals surface area contributed by atoms with Crippen LogP contribution in [0.4, 0.5) is 0 Å². The smallest absolute Gasteiger partial charge is 0.228 e. The molecular weight excluding hydrogens is 377 g/mol. The molecule has 1 amide bonds. The third kappa shape index (κ3) is 9.18. The minimum Gasteiger partial charge on any atom is -0.363 e. The van der Waals surface area contributed by atoms with Crippen LogP contribution >= 0.6 is 47.0 Å². The Hall–Kier alpha value is 0.0300. The number of alkyl halides is 3. The second kappa shape index (κ2) is 10.8. The van der Waals surface area contributed by atoms with E-state index in [1.165, 1.54) is 25.7 Å². The molecule has 0 aromatic carbocycles. The van der Waals surface area contributed by atoms with Crippen LogP contribution in [0.2, 0.25) is 0 Å². The summed E-state index contributed by atoms with van der Waals surface area (Å²) in [5.74, 6) is 0.522. The molecule has 134 valence electrons. The van der Waals surface area contributed by atoms with Gasteiger partial charge in [-0.05, 0) is 31.0 Å². The Morgan fingerprint density at radius 2 is 1.91 bits per heavy atom. The Balaban J connectivity index is 2.40. The Morgan fingerprint density at radius 3 is 2.48 bits per heavy atom. The van der Waals surface area contributed by atoms with E-state index in [-0.39, 0.29) is 5.91 Å². The van der Waals surface area contributed by atoms with Crippen molar-refractivity contribution in [3.8, 4) is 0 Å². The Bertz CT molecular complexity index is 385. The van der Waals surface area contributed by atoms with Gasteiger partial charge in [-0.25, -0.2) is 0 Å². The maximum absolute atomic E-state index is 12.1. The molecule has 0 bridgehead atoms. The number of halogens is 3. The van der Waals surface area contributed by atoms with E-state index in [2.05, 4.69) is 22.9 Å². The average molecular weight is 403 g/mol. The lowest BCUT2D eigenvalue weighted by molar-refractivity contribution is -0.122. The minimum atomic E-state index is -1.68. The lowest BCUT2D eigenvalue weighted by Crippen LogP contribution is -2.57. The predicted octanol–water partition coefficient (Wildman–Crippen LogP) is 4.03. The van der Waals surface area contributed by atoms with Gasteiger partial charge in [0.15, 0.2) is 5.11 Å². The second-order valence-corrected chi connectivity index (χ2v) is 8.76. The lowest BCUT2D eigenvalue weighted by Gasteiger charge is -2.28. The number of hydrogen-bond acceptors (Lipinski definition) is 2. The fourth-order valence-electron chi connectivity index (χ4n) is 2.63. The fourth-order valence-corrected chi connectivity index (χ4v) is 3.18. The van der Waals surface area contributed by atoms with E-state index in [4.69, 9.17) is 47.0 Å². The van der Waals surface area contributed by atoms with Gasteiger partial charge in [-0.15, -0.1) is 0 Å². The van der Waals surface area contributed by atoms with Gasteiger partial charge in [-0.2, -0.15) is 0 Å². The molecule has 1 rings (SSSR count). The zero-order valence-corrected chi connectivity index (χ0v) is 16.6. The first-order chi connectivity index (χ1) is 10.8. The van der Waals surface area contributed by atoms with Crippen molar-refractivity contribution < 1.29 is 4.79 Å². The van der Waals surface area contributed by atoms with Crippen molar-refractivity contribution in [2.24, 2.45) is 5.92 Å². The number of rotatable bonds is 8. The van der Waals surface area contributed by atoms with Crippen LogP contribution in [0.25, 0.3) is 0 Å². The minimum absolute atomic E-state index is 0.128. The molecule has 0 heterocycles. The van der Waals surface area contributed by atoms with Gasteiger partial charge in [0.1, 0.15) is 6.17 Å². The van der Waals surface area contributed by atoms with E-state index < -0.39 is 9.96 Å². The summed E-state index contributed by atoms with van der Waals surface area (Å²) in [6.45, 7) is 2.83.